The van der Waals surface area contributed by atoms with E-state index in [1.165, 1.54) is 76.0 Å². The molecule has 2 aliphatic heterocycles. The molecule has 4 rings (SSSR count). The van der Waals surface area contributed by atoms with E-state index in [9.17, 15) is 0 Å². The van der Waals surface area contributed by atoms with E-state index in [0.717, 1.165) is 24.3 Å². The van der Waals surface area contributed by atoms with Crippen LogP contribution in [0.5, 0.6) is 0 Å². The number of anilines is 1. The molecule has 2 saturated heterocycles. The minimum atomic E-state index is 0.769. The zero-order valence-electron chi connectivity index (χ0n) is 17.1. The Bertz CT molecular complexity index is 692. The second-order valence-electron chi connectivity index (χ2n) is 8.37. The first-order valence-corrected chi connectivity index (χ1v) is 10.9. The van der Waals surface area contributed by atoms with Gasteiger partial charge in [-0.2, -0.15) is 5.10 Å². The Morgan fingerprint density at radius 3 is 2.61 bits per heavy atom. The fraction of sp³-hybridized carbons (Fsp3) is 0.609. The predicted molar refractivity (Wildman–Crippen MR) is 115 cm³/mol. The van der Waals surface area contributed by atoms with Gasteiger partial charge >= 0.3 is 0 Å². The van der Waals surface area contributed by atoms with Crippen LogP contribution in [0.1, 0.15) is 38.5 Å². The normalized spacial score (nSPS) is 21.9. The highest BCUT2D eigenvalue weighted by atomic mass is 16.5. The third-order valence-corrected chi connectivity index (χ3v) is 6.54. The van der Waals surface area contributed by atoms with Gasteiger partial charge in [0, 0.05) is 51.3 Å². The smallest absolute Gasteiger partial charge is 0.0650 e. The number of rotatable bonds is 7. The number of ether oxygens (including phenoxy) is 1. The molecule has 152 valence electrons. The summed E-state index contributed by atoms with van der Waals surface area (Å²) in [6.45, 7) is 5.84. The van der Waals surface area contributed by atoms with E-state index in [1.54, 1.807) is 6.20 Å². The Labute approximate surface area is 169 Å². The molecule has 1 aromatic carbocycles. The van der Waals surface area contributed by atoms with Crippen LogP contribution in [0, 0.1) is 5.92 Å². The Kier molecular flexibility index (Phi) is 6.65. The van der Waals surface area contributed by atoms with Gasteiger partial charge in [-0.1, -0.05) is 12.1 Å². The lowest BCUT2D eigenvalue weighted by atomic mass is 9.91. The van der Waals surface area contributed by atoms with Crippen LogP contribution in [0.3, 0.4) is 0 Å². The molecule has 0 amide bonds. The quantitative estimate of drug-likeness (QED) is 0.730. The molecule has 1 atom stereocenters. The van der Waals surface area contributed by atoms with Gasteiger partial charge in [0.1, 0.15) is 0 Å². The summed E-state index contributed by atoms with van der Waals surface area (Å²) in [4.78, 5) is 5.34. The maximum atomic E-state index is 5.23. The lowest BCUT2D eigenvalue weighted by Gasteiger charge is -2.43. The van der Waals surface area contributed by atoms with Gasteiger partial charge in [0.2, 0.25) is 0 Å². The van der Waals surface area contributed by atoms with E-state index >= 15 is 0 Å². The van der Waals surface area contributed by atoms with Crippen molar-refractivity contribution in [2.45, 2.75) is 44.6 Å². The van der Waals surface area contributed by atoms with Crippen LogP contribution in [0.2, 0.25) is 0 Å². The zero-order chi connectivity index (χ0) is 19.2. The van der Waals surface area contributed by atoms with Crippen LogP contribution in [0.25, 0.3) is 11.3 Å². The first-order chi connectivity index (χ1) is 13.8. The van der Waals surface area contributed by atoms with Gasteiger partial charge in [-0.05, 0) is 74.8 Å². The molecule has 28 heavy (non-hydrogen) atoms. The average Bonchev–Trinajstić information content (AvgIpc) is 3.29. The highest BCUT2D eigenvalue weighted by Gasteiger charge is 2.28. The number of piperidine rings is 2. The number of benzene rings is 1. The van der Waals surface area contributed by atoms with Crippen molar-refractivity contribution in [3.63, 3.8) is 0 Å². The minimum absolute atomic E-state index is 0.769. The maximum absolute atomic E-state index is 5.23. The molecule has 1 N–H and O–H groups in total. The van der Waals surface area contributed by atoms with Crippen LogP contribution in [-0.4, -0.2) is 61.0 Å². The number of hydrogen-bond donors (Lipinski definition) is 1. The number of hydrogen-bond acceptors (Lipinski definition) is 4. The number of aromatic amines is 1. The van der Waals surface area contributed by atoms with Crippen LogP contribution < -0.4 is 4.90 Å². The van der Waals surface area contributed by atoms with Crippen molar-refractivity contribution in [2.24, 2.45) is 5.92 Å². The Morgan fingerprint density at radius 2 is 1.89 bits per heavy atom. The highest BCUT2D eigenvalue weighted by Crippen LogP contribution is 2.29. The van der Waals surface area contributed by atoms with Crippen molar-refractivity contribution in [1.82, 2.24) is 15.1 Å². The SMILES string of the molecule is COCCC[C@@H]1CCCN(C2CCN(c3ccc(-c4ccn[nH]4)cc3)CC2)C1. The summed E-state index contributed by atoms with van der Waals surface area (Å²) in [5.41, 5.74) is 3.62. The minimum Gasteiger partial charge on any atom is -0.385 e. The summed E-state index contributed by atoms with van der Waals surface area (Å²) in [5, 5.41) is 7.08. The van der Waals surface area contributed by atoms with Crippen molar-refractivity contribution < 1.29 is 4.74 Å². The third kappa shape index (κ3) is 4.76. The topological polar surface area (TPSA) is 44.4 Å². The fourth-order valence-corrected chi connectivity index (χ4v) is 4.94. The molecule has 0 radical (unpaired) electrons. The Morgan fingerprint density at radius 1 is 1.07 bits per heavy atom. The number of methoxy groups -OCH3 is 1. The number of likely N-dealkylation sites (tertiary alicyclic amines) is 1. The molecular formula is C23H34N4O. The molecule has 0 saturated carbocycles. The molecule has 0 unspecified atom stereocenters. The van der Waals surface area contributed by atoms with Crippen LogP contribution >= 0.6 is 0 Å². The lowest BCUT2D eigenvalue weighted by Crippen LogP contribution is -2.48. The van der Waals surface area contributed by atoms with E-state index in [0.29, 0.717) is 0 Å². The van der Waals surface area contributed by atoms with Crippen molar-refractivity contribution in [3.8, 4) is 11.3 Å². The second kappa shape index (κ2) is 9.57. The fourth-order valence-electron chi connectivity index (χ4n) is 4.94. The molecule has 0 spiro atoms. The van der Waals surface area contributed by atoms with Crippen molar-refractivity contribution in [2.75, 3.05) is 44.8 Å². The van der Waals surface area contributed by atoms with Gasteiger partial charge in [0.05, 0.1) is 5.69 Å². The van der Waals surface area contributed by atoms with Crippen LogP contribution in [-0.2, 0) is 4.74 Å². The molecule has 5 nitrogen and oxygen atoms in total. The first kappa shape index (κ1) is 19.5. The molecular weight excluding hydrogens is 348 g/mol. The third-order valence-electron chi connectivity index (χ3n) is 6.54. The molecule has 2 aromatic rings. The molecule has 5 heteroatoms. The van der Waals surface area contributed by atoms with Crippen LogP contribution in [0.15, 0.2) is 36.5 Å². The highest BCUT2D eigenvalue weighted by molar-refractivity contribution is 5.62. The Hall–Kier alpha value is -1.85. The van der Waals surface area contributed by atoms with E-state index in [4.69, 9.17) is 4.74 Å². The maximum Gasteiger partial charge on any atom is 0.0650 e. The predicted octanol–water partition coefficient (Wildman–Crippen LogP) is 4.18. The van der Waals surface area contributed by atoms with E-state index in [1.807, 2.05) is 13.2 Å². The van der Waals surface area contributed by atoms with E-state index < -0.39 is 0 Å². The average molecular weight is 383 g/mol. The van der Waals surface area contributed by atoms with Gasteiger partial charge in [-0.3, -0.25) is 10.00 Å². The summed E-state index contributed by atoms with van der Waals surface area (Å²) in [6, 6.07) is 11.7. The van der Waals surface area contributed by atoms with Gasteiger partial charge in [-0.15, -0.1) is 0 Å². The lowest BCUT2D eigenvalue weighted by molar-refractivity contribution is 0.0971. The number of nitrogens with zero attached hydrogens (tertiary/aromatic N) is 3. The summed E-state index contributed by atoms with van der Waals surface area (Å²) in [7, 11) is 1.81. The van der Waals surface area contributed by atoms with E-state index in [-0.39, 0.29) is 0 Å². The summed E-state index contributed by atoms with van der Waals surface area (Å²) >= 11 is 0. The van der Waals surface area contributed by atoms with Crippen LogP contribution in [0.4, 0.5) is 5.69 Å². The molecule has 1 aromatic heterocycles. The summed E-state index contributed by atoms with van der Waals surface area (Å²) < 4.78 is 5.23. The van der Waals surface area contributed by atoms with Gasteiger partial charge < -0.3 is 9.64 Å². The Balaban J connectivity index is 1.27. The van der Waals surface area contributed by atoms with Crippen molar-refractivity contribution in [1.29, 1.82) is 0 Å². The molecule has 2 aliphatic rings. The van der Waals surface area contributed by atoms with E-state index in [2.05, 4.69) is 44.3 Å². The largest absolute Gasteiger partial charge is 0.385 e. The van der Waals surface area contributed by atoms with Gasteiger partial charge in [0.25, 0.3) is 0 Å². The summed E-state index contributed by atoms with van der Waals surface area (Å²) in [6.07, 6.45) is 9.68. The summed E-state index contributed by atoms with van der Waals surface area (Å²) in [5.74, 6) is 0.872. The number of aromatic nitrogens is 2. The van der Waals surface area contributed by atoms with Gasteiger partial charge in [0.15, 0.2) is 0 Å². The first-order valence-electron chi connectivity index (χ1n) is 10.9. The zero-order valence-corrected chi connectivity index (χ0v) is 17.1. The standard InChI is InChI=1S/C23H34N4O/c1-28-17-3-5-19-4-2-14-27(18-19)22-11-15-26(16-12-22)21-8-6-20(7-9-21)23-10-13-24-25-23/h6-10,13,19,22H,2-5,11-12,14-18H2,1H3,(H,24,25)/t19-/m0/s1. The molecule has 3 heterocycles. The monoisotopic (exact) mass is 382 g/mol. The number of H-pyrrole nitrogens is 1. The van der Waals surface area contributed by atoms with Gasteiger partial charge in [-0.25, -0.2) is 0 Å². The van der Waals surface area contributed by atoms with Crippen molar-refractivity contribution in [3.05, 3.63) is 36.5 Å². The second-order valence-corrected chi connectivity index (χ2v) is 8.37. The molecule has 0 aliphatic carbocycles. The number of nitrogens with one attached hydrogen (secondary N) is 1. The molecule has 0 bridgehead atoms. The molecule has 2 fully saturated rings. The van der Waals surface area contributed by atoms with Crippen molar-refractivity contribution >= 4 is 5.69 Å².